The molecule has 1 heterocycles. The molecule has 0 aromatic heterocycles. The molecule has 3 heteroatoms. The Balaban J connectivity index is 2.30. The van der Waals surface area contributed by atoms with Crippen LogP contribution in [0.1, 0.15) is 52.4 Å². The predicted octanol–water partition coefficient (Wildman–Crippen LogP) is 3.37. The quantitative estimate of drug-likeness (QED) is 0.682. The molecular formula is C15H32N2S. The van der Waals surface area contributed by atoms with E-state index in [1.54, 1.807) is 0 Å². The lowest BCUT2D eigenvalue weighted by molar-refractivity contribution is 0.194. The molecule has 1 fully saturated rings. The van der Waals surface area contributed by atoms with Crippen LogP contribution < -0.4 is 5.32 Å². The highest BCUT2D eigenvalue weighted by Crippen LogP contribution is 2.20. The van der Waals surface area contributed by atoms with Gasteiger partial charge in [-0.2, -0.15) is 11.8 Å². The predicted molar refractivity (Wildman–Crippen MR) is 84.6 cm³/mol. The van der Waals surface area contributed by atoms with Gasteiger partial charge in [-0.15, -0.1) is 0 Å². The first-order valence-electron chi connectivity index (χ1n) is 7.72. The van der Waals surface area contributed by atoms with Gasteiger partial charge in [-0.3, -0.25) is 0 Å². The van der Waals surface area contributed by atoms with E-state index in [0.717, 1.165) is 0 Å². The van der Waals surface area contributed by atoms with Crippen LogP contribution in [0.5, 0.6) is 0 Å². The molecule has 1 aliphatic heterocycles. The van der Waals surface area contributed by atoms with Crippen LogP contribution >= 0.6 is 11.8 Å². The number of hydrogen-bond acceptors (Lipinski definition) is 3. The van der Waals surface area contributed by atoms with Gasteiger partial charge in [0.25, 0.3) is 0 Å². The van der Waals surface area contributed by atoms with E-state index in [9.17, 15) is 0 Å². The molecule has 0 amide bonds. The first-order valence-corrected chi connectivity index (χ1v) is 9.12. The number of thioether (sulfide) groups is 1. The van der Waals surface area contributed by atoms with Crippen LogP contribution in [0.3, 0.4) is 0 Å². The van der Waals surface area contributed by atoms with E-state index in [-0.39, 0.29) is 0 Å². The first kappa shape index (κ1) is 16.3. The lowest BCUT2D eigenvalue weighted by Gasteiger charge is -2.35. The Morgan fingerprint density at radius 3 is 2.61 bits per heavy atom. The highest BCUT2D eigenvalue weighted by atomic mass is 32.2. The van der Waals surface area contributed by atoms with Gasteiger partial charge >= 0.3 is 0 Å². The van der Waals surface area contributed by atoms with Crippen LogP contribution in [-0.4, -0.2) is 48.6 Å². The Bertz CT molecular complexity index is 205. The number of rotatable bonds is 8. The van der Waals surface area contributed by atoms with Crippen molar-refractivity contribution < 1.29 is 0 Å². The van der Waals surface area contributed by atoms with Crippen LogP contribution in [-0.2, 0) is 0 Å². The van der Waals surface area contributed by atoms with E-state index in [4.69, 9.17) is 0 Å². The van der Waals surface area contributed by atoms with Crippen molar-refractivity contribution >= 4 is 11.8 Å². The molecule has 1 N–H and O–H groups in total. The fourth-order valence-electron chi connectivity index (χ4n) is 2.89. The first-order chi connectivity index (χ1) is 8.76. The maximum absolute atomic E-state index is 3.79. The second-order valence-corrected chi connectivity index (χ2v) is 6.58. The van der Waals surface area contributed by atoms with E-state index < -0.39 is 0 Å². The lowest BCUT2D eigenvalue weighted by Crippen LogP contribution is -2.50. The Morgan fingerprint density at radius 1 is 1.17 bits per heavy atom. The highest BCUT2D eigenvalue weighted by molar-refractivity contribution is 7.98. The molecule has 0 unspecified atom stereocenters. The van der Waals surface area contributed by atoms with Gasteiger partial charge in [0.15, 0.2) is 0 Å². The summed E-state index contributed by atoms with van der Waals surface area (Å²) < 4.78 is 0. The molecule has 1 rings (SSSR count). The average Bonchev–Trinajstić information content (AvgIpc) is 2.61. The number of nitrogens with one attached hydrogen (secondary N) is 1. The zero-order valence-electron chi connectivity index (χ0n) is 12.6. The van der Waals surface area contributed by atoms with Crippen molar-refractivity contribution in [2.45, 2.75) is 57.9 Å². The molecule has 0 aromatic rings. The molecule has 1 saturated heterocycles. The molecule has 0 aromatic carbocycles. The molecule has 0 bridgehead atoms. The highest BCUT2D eigenvalue weighted by Gasteiger charge is 2.29. The summed E-state index contributed by atoms with van der Waals surface area (Å²) in [6, 6.07) is 0. The molecule has 0 aliphatic carbocycles. The minimum absolute atomic E-state index is 0.385. The normalized spacial score (nSPS) is 20.8. The Labute approximate surface area is 118 Å². The number of unbranched alkanes of at least 4 members (excludes halogenated alkanes) is 2. The molecule has 18 heavy (non-hydrogen) atoms. The van der Waals surface area contributed by atoms with Crippen molar-refractivity contribution in [2.24, 2.45) is 0 Å². The maximum atomic E-state index is 3.79. The number of nitrogens with zero attached hydrogens (tertiary/aromatic N) is 1. The van der Waals surface area contributed by atoms with E-state index in [1.165, 1.54) is 70.5 Å². The van der Waals surface area contributed by atoms with Gasteiger partial charge in [0.1, 0.15) is 0 Å². The zero-order chi connectivity index (χ0) is 13.3. The van der Waals surface area contributed by atoms with Gasteiger partial charge in [0, 0.05) is 12.1 Å². The third-order valence-electron chi connectivity index (χ3n) is 4.35. The summed E-state index contributed by atoms with van der Waals surface area (Å²) in [7, 11) is 0. The molecule has 0 saturated carbocycles. The van der Waals surface area contributed by atoms with Crippen LogP contribution in [0, 0.1) is 0 Å². The van der Waals surface area contributed by atoms with E-state index in [1.807, 2.05) is 11.8 Å². The Morgan fingerprint density at radius 2 is 1.94 bits per heavy atom. The topological polar surface area (TPSA) is 15.3 Å². The van der Waals surface area contributed by atoms with Gasteiger partial charge in [-0.25, -0.2) is 0 Å². The van der Waals surface area contributed by atoms with Crippen molar-refractivity contribution in [1.29, 1.82) is 0 Å². The molecule has 0 atom stereocenters. The molecule has 2 nitrogen and oxygen atoms in total. The summed E-state index contributed by atoms with van der Waals surface area (Å²) in [5.74, 6) is 1.33. The molecular weight excluding hydrogens is 240 g/mol. The lowest BCUT2D eigenvalue weighted by atomic mass is 9.92. The zero-order valence-corrected chi connectivity index (χ0v) is 13.5. The van der Waals surface area contributed by atoms with Crippen LogP contribution in [0.25, 0.3) is 0 Å². The SMILES string of the molecule is CCC1(CC)CN(CCCCCSC)CCCN1. The monoisotopic (exact) mass is 272 g/mol. The molecule has 108 valence electrons. The maximum Gasteiger partial charge on any atom is 0.0303 e. The molecule has 0 spiro atoms. The summed E-state index contributed by atoms with van der Waals surface area (Å²) in [6.45, 7) is 9.71. The Kier molecular flexibility index (Phi) is 8.36. The van der Waals surface area contributed by atoms with Crippen molar-refractivity contribution in [1.82, 2.24) is 10.2 Å². The third kappa shape index (κ3) is 5.50. The second-order valence-electron chi connectivity index (χ2n) is 5.60. The minimum Gasteiger partial charge on any atom is -0.310 e. The van der Waals surface area contributed by atoms with E-state index >= 15 is 0 Å². The van der Waals surface area contributed by atoms with Gasteiger partial charge in [-0.05, 0) is 63.7 Å². The summed E-state index contributed by atoms with van der Waals surface area (Å²) in [5, 5.41) is 3.79. The summed E-state index contributed by atoms with van der Waals surface area (Å²) in [4.78, 5) is 2.70. The second kappa shape index (κ2) is 9.22. The van der Waals surface area contributed by atoms with Gasteiger partial charge < -0.3 is 10.2 Å². The largest absolute Gasteiger partial charge is 0.310 e. The third-order valence-corrected chi connectivity index (χ3v) is 5.05. The van der Waals surface area contributed by atoms with E-state index in [0.29, 0.717) is 5.54 Å². The van der Waals surface area contributed by atoms with Crippen molar-refractivity contribution in [2.75, 3.05) is 38.2 Å². The van der Waals surface area contributed by atoms with Gasteiger partial charge in [0.05, 0.1) is 0 Å². The van der Waals surface area contributed by atoms with Crippen LogP contribution in [0.4, 0.5) is 0 Å². The average molecular weight is 273 g/mol. The standard InChI is InChI=1S/C15H32N2S/c1-4-15(5-2)14-17(12-9-10-16-15)11-7-6-8-13-18-3/h16H,4-14H2,1-3H3. The molecule has 1 aliphatic rings. The fourth-order valence-corrected chi connectivity index (χ4v) is 3.39. The summed E-state index contributed by atoms with van der Waals surface area (Å²) in [5.41, 5.74) is 0.385. The Hall–Kier alpha value is 0.270. The minimum atomic E-state index is 0.385. The van der Waals surface area contributed by atoms with Crippen molar-refractivity contribution in [3.05, 3.63) is 0 Å². The van der Waals surface area contributed by atoms with E-state index in [2.05, 4.69) is 30.3 Å². The van der Waals surface area contributed by atoms with Crippen molar-refractivity contribution in [3.63, 3.8) is 0 Å². The number of hydrogen-bond donors (Lipinski definition) is 1. The molecule has 0 radical (unpaired) electrons. The fraction of sp³-hybridized carbons (Fsp3) is 1.00. The van der Waals surface area contributed by atoms with Gasteiger partial charge in [-0.1, -0.05) is 20.3 Å². The van der Waals surface area contributed by atoms with Gasteiger partial charge in [0.2, 0.25) is 0 Å². The smallest absolute Gasteiger partial charge is 0.0303 e. The van der Waals surface area contributed by atoms with Crippen molar-refractivity contribution in [3.8, 4) is 0 Å². The summed E-state index contributed by atoms with van der Waals surface area (Å²) >= 11 is 1.97. The van der Waals surface area contributed by atoms with Crippen LogP contribution in [0.15, 0.2) is 0 Å². The van der Waals surface area contributed by atoms with Crippen LogP contribution in [0.2, 0.25) is 0 Å². The summed E-state index contributed by atoms with van der Waals surface area (Å²) in [6.07, 6.45) is 10.2.